The van der Waals surface area contributed by atoms with E-state index in [-0.39, 0.29) is 0 Å². The van der Waals surface area contributed by atoms with Gasteiger partial charge in [0, 0.05) is 20.6 Å². The molecule has 0 aromatic heterocycles. The van der Waals surface area contributed by atoms with Crippen molar-refractivity contribution in [1.82, 2.24) is 0 Å². The first-order chi connectivity index (χ1) is 9.49. The molecular formula is C18H24N2. The van der Waals surface area contributed by atoms with Crippen LogP contribution in [-0.2, 0) is 6.54 Å². The van der Waals surface area contributed by atoms with Gasteiger partial charge in [-0.2, -0.15) is 0 Å². The molecule has 0 unspecified atom stereocenters. The summed E-state index contributed by atoms with van der Waals surface area (Å²) in [5.74, 6) is 0. The molecule has 0 aliphatic rings. The van der Waals surface area contributed by atoms with Gasteiger partial charge in [0.05, 0.1) is 11.4 Å². The molecule has 0 saturated heterocycles. The smallest absolute Gasteiger partial charge is 0.0596 e. The first-order valence-electron chi connectivity index (χ1n) is 7.06. The second-order valence-electron chi connectivity index (χ2n) is 5.63. The zero-order valence-electron chi connectivity index (χ0n) is 13.1. The highest BCUT2D eigenvalue weighted by Gasteiger charge is 2.05. The summed E-state index contributed by atoms with van der Waals surface area (Å²) in [6.45, 7) is 7.38. The Morgan fingerprint density at radius 3 is 2.25 bits per heavy atom. The number of para-hydroxylation sites is 2. The fraction of sp³-hybridized carbons (Fsp3) is 0.333. The van der Waals surface area contributed by atoms with Gasteiger partial charge in [0.2, 0.25) is 0 Å². The van der Waals surface area contributed by atoms with Crippen molar-refractivity contribution in [3.63, 3.8) is 0 Å². The minimum atomic E-state index is 0.859. The summed E-state index contributed by atoms with van der Waals surface area (Å²) < 4.78 is 0. The van der Waals surface area contributed by atoms with Crippen molar-refractivity contribution in [2.75, 3.05) is 24.3 Å². The summed E-state index contributed by atoms with van der Waals surface area (Å²) in [7, 11) is 4.14. The van der Waals surface area contributed by atoms with Crippen LogP contribution in [0.1, 0.15) is 22.3 Å². The minimum absolute atomic E-state index is 0.859. The average molecular weight is 268 g/mol. The second-order valence-corrected chi connectivity index (χ2v) is 5.63. The third kappa shape index (κ3) is 3.13. The van der Waals surface area contributed by atoms with Gasteiger partial charge in [0.1, 0.15) is 0 Å². The van der Waals surface area contributed by atoms with Crippen LogP contribution in [0.2, 0.25) is 0 Å². The Morgan fingerprint density at radius 1 is 0.900 bits per heavy atom. The number of nitrogens with zero attached hydrogens (tertiary/aromatic N) is 1. The number of aryl methyl sites for hydroxylation is 3. The number of anilines is 2. The van der Waals surface area contributed by atoms with Crippen molar-refractivity contribution in [3.05, 3.63) is 58.7 Å². The van der Waals surface area contributed by atoms with E-state index in [9.17, 15) is 0 Å². The molecule has 0 spiro atoms. The van der Waals surface area contributed by atoms with Gasteiger partial charge in [-0.1, -0.05) is 24.3 Å². The van der Waals surface area contributed by atoms with Crippen LogP contribution >= 0.6 is 0 Å². The molecule has 0 aliphatic carbocycles. The van der Waals surface area contributed by atoms with E-state index in [4.69, 9.17) is 0 Å². The lowest BCUT2D eigenvalue weighted by atomic mass is 10.0. The summed E-state index contributed by atoms with van der Waals surface area (Å²) in [6, 6.07) is 13.0. The molecule has 2 heteroatoms. The zero-order valence-corrected chi connectivity index (χ0v) is 13.1. The van der Waals surface area contributed by atoms with Gasteiger partial charge in [0.15, 0.2) is 0 Å². The van der Waals surface area contributed by atoms with Gasteiger partial charge in [-0.05, 0) is 55.2 Å². The highest BCUT2D eigenvalue weighted by Crippen LogP contribution is 2.25. The van der Waals surface area contributed by atoms with Crippen molar-refractivity contribution in [3.8, 4) is 0 Å². The summed E-state index contributed by atoms with van der Waals surface area (Å²) in [6.07, 6.45) is 0. The third-order valence-corrected chi connectivity index (χ3v) is 3.81. The monoisotopic (exact) mass is 268 g/mol. The van der Waals surface area contributed by atoms with Crippen molar-refractivity contribution < 1.29 is 0 Å². The molecule has 0 heterocycles. The number of hydrogen-bond acceptors (Lipinski definition) is 2. The van der Waals surface area contributed by atoms with E-state index in [0.29, 0.717) is 0 Å². The SMILES string of the molecule is Cc1cc(C)c(CNc2ccccc2N(C)C)cc1C. The Morgan fingerprint density at radius 2 is 1.55 bits per heavy atom. The molecule has 2 aromatic carbocycles. The quantitative estimate of drug-likeness (QED) is 0.890. The van der Waals surface area contributed by atoms with E-state index >= 15 is 0 Å². The van der Waals surface area contributed by atoms with Gasteiger partial charge in [-0.3, -0.25) is 0 Å². The summed E-state index contributed by atoms with van der Waals surface area (Å²) >= 11 is 0. The van der Waals surface area contributed by atoms with E-state index in [2.05, 4.69) is 81.5 Å². The molecule has 0 aliphatic heterocycles. The van der Waals surface area contributed by atoms with Crippen LogP contribution in [0.15, 0.2) is 36.4 Å². The predicted molar refractivity (Wildman–Crippen MR) is 88.7 cm³/mol. The fourth-order valence-corrected chi connectivity index (χ4v) is 2.41. The number of nitrogens with one attached hydrogen (secondary N) is 1. The third-order valence-electron chi connectivity index (χ3n) is 3.81. The Labute approximate surface area is 122 Å². The van der Waals surface area contributed by atoms with E-state index in [1.165, 1.54) is 33.6 Å². The molecule has 0 bridgehead atoms. The van der Waals surface area contributed by atoms with Gasteiger partial charge < -0.3 is 10.2 Å². The van der Waals surface area contributed by atoms with E-state index < -0.39 is 0 Å². The lowest BCUT2D eigenvalue weighted by molar-refractivity contribution is 1.08. The zero-order chi connectivity index (χ0) is 14.7. The topological polar surface area (TPSA) is 15.3 Å². The first kappa shape index (κ1) is 14.4. The molecular weight excluding hydrogens is 244 g/mol. The number of benzene rings is 2. The first-order valence-corrected chi connectivity index (χ1v) is 7.06. The molecule has 20 heavy (non-hydrogen) atoms. The maximum Gasteiger partial charge on any atom is 0.0596 e. The van der Waals surface area contributed by atoms with Gasteiger partial charge in [0.25, 0.3) is 0 Å². The average Bonchev–Trinajstić information content (AvgIpc) is 2.41. The van der Waals surface area contributed by atoms with Crippen molar-refractivity contribution in [1.29, 1.82) is 0 Å². The molecule has 106 valence electrons. The van der Waals surface area contributed by atoms with Crippen molar-refractivity contribution in [2.45, 2.75) is 27.3 Å². The predicted octanol–water partition coefficient (Wildman–Crippen LogP) is 4.29. The van der Waals surface area contributed by atoms with Crippen LogP contribution < -0.4 is 10.2 Å². The maximum absolute atomic E-state index is 3.56. The molecule has 0 amide bonds. The Hall–Kier alpha value is -1.96. The standard InChI is InChI=1S/C18H24N2/c1-13-10-15(3)16(11-14(13)2)12-19-17-8-6-7-9-18(17)20(4)5/h6-11,19H,12H2,1-5H3. The fourth-order valence-electron chi connectivity index (χ4n) is 2.41. The number of rotatable bonds is 4. The van der Waals surface area contributed by atoms with Crippen LogP contribution in [0, 0.1) is 20.8 Å². The van der Waals surface area contributed by atoms with Crippen molar-refractivity contribution >= 4 is 11.4 Å². The lowest BCUT2D eigenvalue weighted by Gasteiger charge is -2.19. The van der Waals surface area contributed by atoms with Gasteiger partial charge >= 0.3 is 0 Å². The maximum atomic E-state index is 3.56. The summed E-state index contributed by atoms with van der Waals surface area (Å²) in [5.41, 5.74) is 7.82. The van der Waals surface area contributed by atoms with Crippen LogP contribution in [-0.4, -0.2) is 14.1 Å². The largest absolute Gasteiger partial charge is 0.379 e. The van der Waals surface area contributed by atoms with Crippen LogP contribution in [0.25, 0.3) is 0 Å². The van der Waals surface area contributed by atoms with Crippen LogP contribution in [0.3, 0.4) is 0 Å². The molecule has 1 N–H and O–H groups in total. The Bertz CT molecular complexity index is 600. The summed E-state index contributed by atoms with van der Waals surface area (Å²) in [5, 5.41) is 3.56. The van der Waals surface area contributed by atoms with E-state index in [0.717, 1.165) is 6.54 Å². The van der Waals surface area contributed by atoms with Crippen LogP contribution in [0.5, 0.6) is 0 Å². The normalized spacial score (nSPS) is 10.4. The summed E-state index contributed by atoms with van der Waals surface area (Å²) in [4.78, 5) is 2.13. The molecule has 2 aromatic rings. The molecule has 0 atom stereocenters. The van der Waals surface area contributed by atoms with Crippen LogP contribution in [0.4, 0.5) is 11.4 Å². The molecule has 2 nitrogen and oxygen atoms in total. The van der Waals surface area contributed by atoms with E-state index in [1.807, 2.05) is 0 Å². The molecule has 0 radical (unpaired) electrons. The minimum Gasteiger partial charge on any atom is -0.379 e. The molecule has 0 fully saturated rings. The van der Waals surface area contributed by atoms with Crippen molar-refractivity contribution in [2.24, 2.45) is 0 Å². The van der Waals surface area contributed by atoms with Gasteiger partial charge in [-0.15, -0.1) is 0 Å². The highest BCUT2D eigenvalue weighted by molar-refractivity contribution is 5.69. The lowest BCUT2D eigenvalue weighted by Crippen LogP contribution is -2.12. The highest BCUT2D eigenvalue weighted by atomic mass is 15.1. The Kier molecular flexibility index (Phi) is 4.33. The molecule has 2 rings (SSSR count). The Balaban J connectivity index is 2.19. The second kappa shape index (κ2) is 6.00. The van der Waals surface area contributed by atoms with Gasteiger partial charge in [-0.25, -0.2) is 0 Å². The van der Waals surface area contributed by atoms with E-state index in [1.54, 1.807) is 0 Å². The molecule has 0 saturated carbocycles. The number of hydrogen-bond donors (Lipinski definition) is 1.